The van der Waals surface area contributed by atoms with Gasteiger partial charge in [0.15, 0.2) is 11.6 Å². The summed E-state index contributed by atoms with van der Waals surface area (Å²) >= 11 is 0. The van der Waals surface area contributed by atoms with E-state index in [2.05, 4.69) is 23.7 Å². The van der Waals surface area contributed by atoms with Crippen molar-refractivity contribution in [2.75, 3.05) is 24.6 Å². The molecule has 2 N–H and O–H groups in total. The van der Waals surface area contributed by atoms with Crippen LogP contribution in [0.15, 0.2) is 18.3 Å². The zero-order valence-electron chi connectivity index (χ0n) is 11.0. The van der Waals surface area contributed by atoms with E-state index in [1.165, 1.54) is 0 Å². The van der Waals surface area contributed by atoms with E-state index in [9.17, 15) is 0 Å². The summed E-state index contributed by atoms with van der Waals surface area (Å²) in [6, 6.07) is 4.25. The van der Waals surface area contributed by atoms with Gasteiger partial charge in [0.05, 0.1) is 6.61 Å². The lowest BCUT2D eigenvalue weighted by Gasteiger charge is -2.29. The van der Waals surface area contributed by atoms with E-state index in [1.54, 1.807) is 6.20 Å². The standard InChI is InChI=1S/C13H23N3O/c1-4-17-12-7-5-9-15-13(12)16(11(2)3)10-6-8-14/h5,7,9,11H,4,6,8,10,14H2,1-3H3. The highest BCUT2D eigenvalue weighted by Gasteiger charge is 2.15. The van der Waals surface area contributed by atoms with E-state index in [1.807, 2.05) is 19.1 Å². The van der Waals surface area contributed by atoms with Gasteiger partial charge in [0, 0.05) is 18.8 Å². The van der Waals surface area contributed by atoms with Gasteiger partial charge in [-0.3, -0.25) is 0 Å². The molecule has 0 radical (unpaired) electrons. The fraction of sp³-hybridized carbons (Fsp3) is 0.615. The SMILES string of the molecule is CCOc1cccnc1N(CCCN)C(C)C. The number of nitrogens with two attached hydrogens (primary N) is 1. The van der Waals surface area contributed by atoms with Crippen LogP contribution < -0.4 is 15.4 Å². The Balaban J connectivity index is 2.91. The van der Waals surface area contributed by atoms with E-state index in [-0.39, 0.29) is 0 Å². The molecule has 1 rings (SSSR count). The highest BCUT2D eigenvalue weighted by atomic mass is 16.5. The zero-order valence-corrected chi connectivity index (χ0v) is 11.0. The van der Waals surface area contributed by atoms with Gasteiger partial charge in [-0.2, -0.15) is 0 Å². The summed E-state index contributed by atoms with van der Waals surface area (Å²) in [5.41, 5.74) is 5.57. The van der Waals surface area contributed by atoms with Crippen LogP contribution in [0.5, 0.6) is 5.75 Å². The molecule has 0 spiro atoms. The minimum Gasteiger partial charge on any atom is -0.490 e. The van der Waals surface area contributed by atoms with Gasteiger partial charge in [0.25, 0.3) is 0 Å². The average Bonchev–Trinajstić information content (AvgIpc) is 2.31. The third kappa shape index (κ3) is 3.89. The van der Waals surface area contributed by atoms with Crippen LogP contribution in [0.1, 0.15) is 27.2 Å². The molecular weight excluding hydrogens is 214 g/mol. The first-order valence-corrected chi connectivity index (χ1v) is 6.25. The van der Waals surface area contributed by atoms with Crippen LogP contribution in [0.3, 0.4) is 0 Å². The number of aromatic nitrogens is 1. The molecule has 17 heavy (non-hydrogen) atoms. The lowest BCUT2D eigenvalue weighted by atomic mass is 10.2. The first-order valence-electron chi connectivity index (χ1n) is 6.25. The molecule has 96 valence electrons. The normalized spacial score (nSPS) is 10.6. The van der Waals surface area contributed by atoms with Crippen molar-refractivity contribution >= 4 is 5.82 Å². The Morgan fingerprint density at radius 3 is 2.82 bits per heavy atom. The maximum Gasteiger partial charge on any atom is 0.171 e. The fourth-order valence-electron chi connectivity index (χ4n) is 1.74. The molecule has 1 aromatic rings. The van der Waals surface area contributed by atoms with Crippen molar-refractivity contribution in [3.05, 3.63) is 18.3 Å². The Hall–Kier alpha value is -1.29. The van der Waals surface area contributed by atoms with Crippen LogP contribution >= 0.6 is 0 Å². The maximum absolute atomic E-state index is 5.61. The molecule has 4 nitrogen and oxygen atoms in total. The summed E-state index contributed by atoms with van der Waals surface area (Å²) < 4.78 is 5.61. The van der Waals surface area contributed by atoms with Crippen LogP contribution in [0.2, 0.25) is 0 Å². The van der Waals surface area contributed by atoms with Crippen molar-refractivity contribution in [1.29, 1.82) is 0 Å². The van der Waals surface area contributed by atoms with Gasteiger partial charge in [-0.25, -0.2) is 4.98 Å². The summed E-state index contributed by atoms with van der Waals surface area (Å²) in [6.07, 6.45) is 2.76. The van der Waals surface area contributed by atoms with Crippen molar-refractivity contribution in [3.63, 3.8) is 0 Å². The van der Waals surface area contributed by atoms with Gasteiger partial charge in [0.1, 0.15) is 0 Å². The molecule has 0 fully saturated rings. The number of nitrogens with zero attached hydrogens (tertiary/aromatic N) is 2. The number of hydrogen-bond donors (Lipinski definition) is 1. The number of pyridine rings is 1. The van der Waals surface area contributed by atoms with Gasteiger partial charge in [-0.15, -0.1) is 0 Å². The van der Waals surface area contributed by atoms with E-state index in [0.717, 1.165) is 24.5 Å². The van der Waals surface area contributed by atoms with Crippen LogP contribution in [0, 0.1) is 0 Å². The van der Waals surface area contributed by atoms with E-state index < -0.39 is 0 Å². The summed E-state index contributed by atoms with van der Waals surface area (Å²) in [5, 5.41) is 0. The van der Waals surface area contributed by atoms with Gasteiger partial charge < -0.3 is 15.4 Å². The molecule has 0 aliphatic rings. The number of anilines is 1. The Kier molecular flexibility index (Phi) is 5.77. The second-order valence-corrected chi connectivity index (χ2v) is 4.19. The number of hydrogen-bond acceptors (Lipinski definition) is 4. The van der Waals surface area contributed by atoms with Crippen molar-refractivity contribution in [2.24, 2.45) is 5.73 Å². The van der Waals surface area contributed by atoms with Crippen molar-refractivity contribution in [2.45, 2.75) is 33.2 Å². The molecule has 1 heterocycles. The molecule has 0 aliphatic heterocycles. The van der Waals surface area contributed by atoms with E-state index in [4.69, 9.17) is 10.5 Å². The summed E-state index contributed by atoms with van der Waals surface area (Å²) in [4.78, 5) is 6.67. The number of rotatable bonds is 7. The summed E-state index contributed by atoms with van der Waals surface area (Å²) in [5.74, 6) is 1.76. The molecule has 4 heteroatoms. The Bertz CT molecular complexity index is 328. The van der Waals surface area contributed by atoms with E-state index >= 15 is 0 Å². The quantitative estimate of drug-likeness (QED) is 0.788. The molecular formula is C13H23N3O. The predicted octanol–water partition coefficient (Wildman–Crippen LogP) is 2.04. The smallest absolute Gasteiger partial charge is 0.171 e. The van der Waals surface area contributed by atoms with Crippen LogP contribution in [0.4, 0.5) is 5.82 Å². The molecule has 1 aromatic heterocycles. The maximum atomic E-state index is 5.61. The zero-order chi connectivity index (χ0) is 12.7. The van der Waals surface area contributed by atoms with Gasteiger partial charge in [-0.1, -0.05) is 0 Å². The summed E-state index contributed by atoms with van der Waals surface area (Å²) in [6.45, 7) is 8.55. The average molecular weight is 237 g/mol. The molecule has 0 aromatic carbocycles. The van der Waals surface area contributed by atoms with Gasteiger partial charge >= 0.3 is 0 Å². The predicted molar refractivity (Wildman–Crippen MR) is 71.6 cm³/mol. The minimum absolute atomic E-state index is 0.385. The Morgan fingerprint density at radius 1 is 1.47 bits per heavy atom. The lowest BCUT2D eigenvalue weighted by molar-refractivity contribution is 0.338. The first-order chi connectivity index (χ1) is 8.20. The molecule has 0 saturated carbocycles. The lowest BCUT2D eigenvalue weighted by Crippen LogP contribution is -2.33. The molecule has 0 saturated heterocycles. The highest BCUT2D eigenvalue weighted by molar-refractivity contribution is 5.52. The van der Waals surface area contributed by atoms with Crippen molar-refractivity contribution in [3.8, 4) is 5.75 Å². The monoisotopic (exact) mass is 237 g/mol. The highest BCUT2D eigenvalue weighted by Crippen LogP contribution is 2.26. The van der Waals surface area contributed by atoms with Gasteiger partial charge in [-0.05, 0) is 45.9 Å². The molecule has 0 unspecified atom stereocenters. The second kappa shape index (κ2) is 7.12. The summed E-state index contributed by atoms with van der Waals surface area (Å²) in [7, 11) is 0. The third-order valence-corrected chi connectivity index (χ3v) is 2.55. The molecule has 0 bridgehead atoms. The van der Waals surface area contributed by atoms with Crippen LogP contribution in [0.25, 0.3) is 0 Å². The second-order valence-electron chi connectivity index (χ2n) is 4.19. The van der Waals surface area contributed by atoms with Crippen molar-refractivity contribution < 1.29 is 4.74 Å². The van der Waals surface area contributed by atoms with Gasteiger partial charge in [0.2, 0.25) is 0 Å². The van der Waals surface area contributed by atoms with Crippen molar-refractivity contribution in [1.82, 2.24) is 4.98 Å². The topological polar surface area (TPSA) is 51.4 Å². The largest absolute Gasteiger partial charge is 0.490 e. The Labute approximate surface area is 104 Å². The van der Waals surface area contributed by atoms with Crippen LogP contribution in [-0.2, 0) is 0 Å². The molecule has 0 amide bonds. The Morgan fingerprint density at radius 2 is 2.24 bits per heavy atom. The van der Waals surface area contributed by atoms with E-state index in [0.29, 0.717) is 19.2 Å². The molecule has 0 atom stereocenters. The minimum atomic E-state index is 0.385. The van der Waals surface area contributed by atoms with Crippen LogP contribution in [-0.4, -0.2) is 30.7 Å². The molecule has 0 aliphatic carbocycles. The number of ether oxygens (including phenoxy) is 1. The first kappa shape index (κ1) is 13.8. The third-order valence-electron chi connectivity index (χ3n) is 2.55. The fourth-order valence-corrected chi connectivity index (χ4v) is 1.74.